The van der Waals surface area contributed by atoms with Crippen molar-refractivity contribution >= 4 is 5.91 Å². The van der Waals surface area contributed by atoms with Gasteiger partial charge in [0.15, 0.2) is 11.6 Å². The Morgan fingerprint density at radius 2 is 2.19 bits per heavy atom. The molecule has 5 nitrogen and oxygen atoms in total. The van der Waals surface area contributed by atoms with E-state index in [4.69, 9.17) is 9.47 Å². The fourth-order valence-corrected chi connectivity index (χ4v) is 2.43. The topological polar surface area (TPSA) is 67.8 Å². The third-order valence-corrected chi connectivity index (χ3v) is 3.74. The highest BCUT2D eigenvalue weighted by molar-refractivity contribution is 5.79. The molecule has 1 heterocycles. The highest BCUT2D eigenvalue weighted by Crippen LogP contribution is 2.21. The van der Waals surface area contributed by atoms with Crippen LogP contribution in [-0.2, 0) is 16.0 Å². The third-order valence-electron chi connectivity index (χ3n) is 3.74. The third kappa shape index (κ3) is 3.92. The minimum Gasteiger partial charge on any atom is -0.494 e. The molecule has 2 N–H and O–H groups in total. The van der Waals surface area contributed by atoms with Gasteiger partial charge in [-0.1, -0.05) is 6.07 Å². The zero-order valence-corrected chi connectivity index (χ0v) is 12.0. The second kappa shape index (κ2) is 6.87. The number of amides is 1. The number of nitrogens with one attached hydrogen (secondary N) is 1. The Hall–Kier alpha value is -1.66. The number of rotatable bonds is 5. The van der Waals surface area contributed by atoms with E-state index in [1.807, 2.05) is 0 Å². The first-order chi connectivity index (χ1) is 10.1. The molecule has 21 heavy (non-hydrogen) atoms. The van der Waals surface area contributed by atoms with Crippen molar-refractivity contribution in [1.29, 1.82) is 0 Å². The van der Waals surface area contributed by atoms with E-state index in [0.717, 1.165) is 0 Å². The molecular weight excluding hydrogens is 277 g/mol. The lowest BCUT2D eigenvalue weighted by atomic mass is 9.90. The van der Waals surface area contributed by atoms with Crippen LogP contribution in [0.3, 0.4) is 0 Å². The number of aliphatic hydroxyl groups is 1. The van der Waals surface area contributed by atoms with Crippen LogP contribution >= 0.6 is 0 Å². The van der Waals surface area contributed by atoms with Gasteiger partial charge in [0.05, 0.1) is 25.7 Å². The van der Waals surface area contributed by atoms with Crippen molar-refractivity contribution in [2.75, 3.05) is 26.9 Å². The summed E-state index contributed by atoms with van der Waals surface area (Å²) in [7, 11) is 1.39. The molecular formula is C15H20FNO4. The second-order valence-corrected chi connectivity index (χ2v) is 5.24. The van der Waals surface area contributed by atoms with Gasteiger partial charge in [0.25, 0.3) is 0 Å². The molecule has 1 fully saturated rings. The van der Waals surface area contributed by atoms with E-state index in [9.17, 15) is 14.3 Å². The van der Waals surface area contributed by atoms with E-state index >= 15 is 0 Å². The van der Waals surface area contributed by atoms with Gasteiger partial charge in [-0.15, -0.1) is 0 Å². The van der Waals surface area contributed by atoms with Gasteiger partial charge in [0.2, 0.25) is 5.91 Å². The largest absolute Gasteiger partial charge is 0.494 e. The predicted molar refractivity (Wildman–Crippen MR) is 74.7 cm³/mol. The summed E-state index contributed by atoms with van der Waals surface area (Å²) in [5.74, 6) is -0.586. The summed E-state index contributed by atoms with van der Waals surface area (Å²) in [4.78, 5) is 12.1. The highest BCUT2D eigenvalue weighted by Gasteiger charge is 2.33. The Labute approximate surface area is 123 Å². The first kappa shape index (κ1) is 15.7. The fourth-order valence-electron chi connectivity index (χ4n) is 2.43. The lowest BCUT2D eigenvalue weighted by Gasteiger charge is -2.36. The van der Waals surface area contributed by atoms with E-state index in [1.165, 1.54) is 19.2 Å². The maximum Gasteiger partial charge on any atom is 0.224 e. The number of methoxy groups -OCH3 is 1. The van der Waals surface area contributed by atoms with Gasteiger partial charge in [-0.2, -0.15) is 0 Å². The summed E-state index contributed by atoms with van der Waals surface area (Å²) in [5.41, 5.74) is -0.0636. The summed E-state index contributed by atoms with van der Waals surface area (Å²) in [6.07, 6.45) is 1.21. The number of halogens is 1. The van der Waals surface area contributed by atoms with Gasteiger partial charge in [0.1, 0.15) is 0 Å². The molecule has 2 rings (SSSR count). The lowest BCUT2D eigenvalue weighted by molar-refractivity contribution is -0.124. The molecule has 116 valence electrons. The molecule has 0 atom stereocenters. The SMILES string of the molecule is COc1ccc(CC(=O)NC2(CO)CCOCC2)cc1F. The minimum absolute atomic E-state index is 0.0590. The molecule has 0 radical (unpaired) electrons. The van der Waals surface area contributed by atoms with Crippen LogP contribution in [0.4, 0.5) is 4.39 Å². The summed E-state index contributed by atoms with van der Waals surface area (Å²) in [6, 6.07) is 4.43. The molecule has 0 unspecified atom stereocenters. The summed E-state index contributed by atoms with van der Waals surface area (Å²) >= 11 is 0. The van der Waals surface area contributed by atoms with Crippen molar-refractivity contribution in [2.24, 2.45) is 0 Å². The zero-order valence-electron chi connectivity index (χ0n) is 12.0. The van der Waals surface area contributed by atoms with E-state index in [1.54, 1.807) is 6.07 Å². The van der Waals surface area contributed by atoms with Crippen molar-refractivity contribution in [3.63, 3.8) is 0 Å². The Morgan fingerprint density at radius 1 is 1.48 bits per heavy atom. The van der Waals surface area contributed by atoms with Gasteiger partial charge in [0, 0.05) is 13.2 Å². The average Bonchev–Trinajstić information content (AvgIpc) is 2.48. The quantitative estimate of drug-likeness (QED) is 0.852. The Balaban J connectivity index is 1.99. The van der Waals surface area contributed by atoms with Crippen LogP contribution in [0.5, 0.6) is 5.75 Å². The van der Waals surface area contributed by atoms with E-state index in [2.05, 4.69) is 5.32 Å². The summed E-state index contributed by atoms with van der Waals surface area (Å²) in [6.45, 7) is 0.898. The Morgan fingerprint density at radius 3 is 2.76 bits per heavy atom. The van der Waals surface area contributed by atoms with Gasteiger partial charge in [-0.25, -0.2) is 4.39 Å². The number of hydrogen-bond acceptors (Lipinski definition) is 4. The van der Waals surface area contributed by atoms with Crippen LogP contribution in [0.25, 0.3) is 0 Å². The number of benzene rings is 1. The van der Waals surface area contributed by atoms with Gasteiger partial charge >= 0.3 is 0 Å². The normalized spacial score (nSPS) is 17.3. The molecule has 0 aliphatic carbocycles. The van der Waals surface area contributed by atoms with Crippen molar-refractivity contribution in [3.8, 4) is 5.75 Å². The van der Waals surface area contributed by atoms with Crippen LogP contribution in [0.1, 0.15) is 18.4 Å². The van der Waals surface area contributed by atoms with Crippen LogP contribution in [0, 0.1) is 5.82 Å². The smallest absolute Gasteiger partial charge is 0.224 e. The monoisotopic (exact) mass is 297 g/mol. The molecule has 1 aromatic rings. The molecule has 0 bridgehead atoms. The van der Waals surface area contributed by atoms with E-state index in [0.29, 0.717) is 31.6 Å². The maximum absolute atomic E-state index is 13.6. The highest BCUT2D eigenvalue weighted by atomic mass is 19.1. The summed E-state index contributed by atoms with van der Waals surface area (Å²) in [5, 5.41) is 12.4. The predicted octanol–water partition coefficient (Wildman–Crippen LogP) is 1.03. The Bertz CT molecular complexity index is 500. The number of carbonyl (C=O) groups excluding carboxylic acids is 1. The number of aliphatic hydroxyl groups excluding tert-OH is 1. The summed E-state index contributed by atoms with van der Waals surface area (Å²) < 4.78 is 23.7. The molecule has 1 aliphatic rings. The number of carbonyl (C=O) groups is 1. The van der Waals surface area contributed by atoms with Crippen LogP contribution in [-0.4, -0.2) is 43.5 Å². The van der Waals surface area contributed by atoms with E-state index in [-0.39, 0.29) is 24.7 Å². The van der Waals surface area contributed by atoms with Gasteiger partial charge in [-0.05, 0) is 30.5 Å². The van der Waals surface area contributed by atoms with Crippen LogP contribution in [0.15, 0.2) is 18.2 Å². The van der Waals surface area contributed by atoms with Crippen molar-refractivity contribution in [1.82, 2.24) is 5.32 Å². The second-order valence-electron chi connectivity index (χ2n) is 5.24. The molecule has 0 saturated carbocycles. The lowest BCUT2D eigenvalue weighted by Crippen LogP contribution is -2.55. The molecule has 1 saturated heterocycles. The molecule has 0 aromatic heterocycles. The van der Waals surface area contributed by atoms with Crippen molar-refractivity contribution < 1.29 is 23.8 Å². The molecule has 6 heteroatoms. The Kier molecular flexibility index (Phi) is 5.14. The van der Waals surface area contributed by atoms with Crippen LogP contribution < -0.4 is 10.1 Å². The zero-order chi connectivity index (χ0) is 15.3. The number of hydrogen-bond donors (Lipinski definition) is 2. The molecule has 0 spiro atoms. The van der Waals surface area contributed by atoms with Gasteiger partial charge in [-0.3, -0.25) is 4.79 Å². The van der Waals surface area contributed by atoms with Gasteiger partial charge < -0.3 is 19.9 Å². The first-order valence-electron chi connectivity index (χ1n) is 6.90. The maximum atomic E-state index is 13.6. The van der Waals surface area contributed by atoms with Crippen LogP contribution in [0.2, 0.25) is 0 Å². The van der Waals surface area contributed by atoms with Crippen molar-refractivity contribution in [3.05, 3.63) is 29.6 Å². The first-order valence-corrected chi connectivity index (χ1v) is 6.90. The molecule has 1 aromatic carbocycles. The molecule has 1 aliphatic heterocycles. The van der Waals surface area contributed by atoms with Crippen molar-refractivity contribution in [2.45, 2.75) is 24.8 Å². The standard InChI is InChI=1S/C15H20FNO4/c1-20-13-3-2-11(8-12(13)16)9-14(19)17-15(10-18)4-6-21-7-5-15/h2-3,8,18H,4-7,9-10H2,1H3,(H,17,19). The number of ether oxygens (including phenoxy) is 2. The minimum atomic E-state index is -0.625. The fraction of sp³-hybridized carbons (Fsp3) is 0.533. The van der Waals surface area contributed by atoms with E-state index < -0.39 is 11.4 Å². The average molecular weight is 297 g/mol. The molecule has 1 amide bonds.